The average molecular weight is 273 g/mol. The van der Waals surface area contributed by atoms with E-state index in [-0.39, 0.29) is 6.10 Å². The first-order valence-corrected chi connectivity index (χ1v) is 6.49. The van der Waals surface area contributed by atoms with Crippen molar-refractivity contribution in [2.24, 2.45) is 0 Å². The van der Waals surface area contributed by atoms with Crippen molar-refractivity contribution >= 4 is 0 Å². The van der Waals surface area contributed by atoms with Crippen molar-refractivity contribution in [2.45, 2.75) is 26.4 Å². The Morgan fingerprint density at radius 3 is 2.58 bits per heavy atom. The predicted octanol–water partition coefficient (Wildman–Crippen LogP) is 2.75. The highest BCUT2D eigenvalue weighted by molar-refractivity contribution is 5.23. The molecule has 19 heavy (non-hydrogen) atoms. The molecule has 108 valence electrons. The molecule has 0 unspecified atom stereocenters. The highest BCUT2D eigenvalue weighted by atomic mass is 19.2. The predicted molar refractivity (Wildman–Crippen MR) is 70.4 cm³/mol. The summed E-state index contributed by atoms with van der Waals surface area (Å²) in [5.74, 6) is -1.42. The van der Waals surface area contributed by atoms with Crippen LogP contribution in [0, 0.1) is 11.6 Å². The van der Waals surface area contributed by atoms with E-state index in [0.29, 0.717) is 18.9 Å². The van der Waals surface area contributed by atoms with Gasteiger partial charge in [0.25, 0.3) is 0 Å². The number of hydrogen-bond donors (Lipinski definition) is 1. The maximum Gasteiger partial charge on any atom is 0.162 e. The van der Waals surface area contributed by atoms with E-state index in [1.165, 1.54) is 6.07 Å². The molecule has 1 aromatic carbocycles. The van der Waals surface area contributed by atoms with Crippen LogP contribution in [-0.2, 0) is 4.74 Å². The Balaban J connectivity index is 2.03. The summed E-state index contributed by atoms with van der Waals surface area (Å²) in [6, 6.07) is 3.52. The fraction of sp³-hybridized carbons (Fsp3) is 0.571. The molecule has 0 aliphatic rings. The van der Waals surface area contributed by atoms with Gasteiger partial charge in [0, 0.05) is 19.2 Å². The molecule has 0 amide bonds. The highest BCUT2D eigenvalue weighted by Gasteiger charge is 2.02. The Bertz CT molecular complexity index is 372. The summed E-state index contributed by atoms with van der Waals surface area (Å²) in [4.78, 5) is 0. The van der Waals surface area contributed by atoms with Crippen LogP contribution >= 0.6 is 0 Å². The zero-order valence-electron chi connectivity index (χ0n) is 11.4. The number of rotatable bonds is 9. The number of nitrogens with one attached hydrogen (secondary N) is 1. The first-order valence-electron chi connectivity index (χ1n) is 6.49. The third kappa shape index (κ3) is 7.08. The molecule has 0 saturated heterocycles. The fourth-order valence-electron chi connectivity index (χ4n) is 1.45. The minimum absolute atomic E-state index is 0.261. The van der Waals surface area contributed by atoms with Gasteiger partial charge in [-0.05, 0) is 38.9 Å². The van der Waals surface area contributed by atoms with Gasteiger partial charge in [-0.3, -0.25) is 0 Å². The molecule has 0 heterocycles. The molecular weight excluding hydrogens is 252 g/mol. The van der Waals surface area contributed by atoms with Crippen molar-refractivity contribution in [3.05, 3.63) is 29.8 Å². The first-order chi connectivity index (χ1) is 9.09. The van der Waals surface area contributed by atoms with Gasteiger partial charge in [-0.25, -0.2) is 8.78 Å². The maximum absolute atomic E-state index is 12.9. The number of hydrogen-bond acceptors (Lipinski definition) is 3. The second-order valence-corrected chi connectivity index (χ2v) is 4.45. The third-order valence-electron chi connectivity index (χ3n) is 2.39. The van der Waals surface area contributed by atoms with E-state index in [2.05, 4.69) is 5.32 Å². The van der Waals surface area contributed by atoms with Crippen LogP contribution in [0.4, 0.5) is 8.78 Å². The van der Waals surface area contributed by atoms with Crippen molar-refractivity contribution < 1.29 is 18.3 Å². The Kier molecular flexibility index (Phi) is 7.36. The van der Waals surface area contributed by atoms with Crippen LogP contribution in [0.25, 0.3) is 0 Å². The first kappa shape index (κ1) is 15.9. The zero-order valence-corrected chi connectivity index (χ0v) is 11.4. The van der Waals surface area contributed by atoms with Crippen molar-refractivity contribution in [3.63, 3.8) is 0 Å². The molecule has 0 saturated carbocycles. The third-order valence-corrected chi connectivity index (χ3v) is 2.39. The molecule has 0 bridgehead atoms. The second kappa shape index (κ2) is 8.82. The van der Waals surface area contributed by atoms with E-state index >= 15 is 0 Å². The monoisotopic (exact) mass is 273 g/mol. The van der Waals surface area contributed by atoms with Crippen molar-refractivity contribution in [2.75, 3.05) is 26.3 Å². The lowest BCUT2D eigenvalue weighted by Gasteiger charge is -2.09. The molecule has 0 aliphatic carbocycles. The minimum Gasteiger partial charge on any atom is -0.492 e. The molecule has 1 rings (SSSR count). The maximum atomic E-state index is 12.9. The van der Waals surface area contributed by atoms with Crippen LogP contribution < -0.4 is 10.1 Å². The summed E-state index contributed by atoms with van der Waals surface area (Å²) in [6.45, 7) is 6.64. The summed E-state index contributed by atoms with van der Waals surface area (Å²) >= 11 is 0. The number of benzene rings is 1. The molecule has 0 spiro atoms. The second-order valence-electron chi connectivity index (χ2n) is 4.45. The molecule has 0 aliphatic heterocycles. The molecule has 0 atom stereocenters. The Hall–Kier alpha value is -1.20. The van der Waals surface area contributed by atoms with Crippen LogP contribution in [0.3, 0.4) is 0 Å². The van der Waals surface area contributed by atoms with Gasteiger partial charge in [0.15, 0.2) is 11.6 Å². The van der Waals surface area contributed by atoms with Gasteiger partial charge in [-0.2, -0.15) is 0 Å². The number of halogens is 2. The van der Waals surface area contributed by atoms with Gasteiger partial charge >= 0.3 is 0 Å². The molecule has 0 fully saturated rings. The van der Waals surface area contributed by atoms with Gasteiger partial charge in [0.2, 0.25) is 0 Å². The van der Waals surface area contributed by atoms with E-state index in [4.69, 9.17) is 9.47 Å². The van der Waals surface area contributed by atoms with Gasteiger partial charge in [-0.15, -0.1) is 0 Å². The van der Waals surface area contributed by atoms with E-state index in [1.807, 2.05) is 13.8 Å². The van der Waals surface area contributed by atoms with E-state index in [1.54, 1.807) is 0 Å². The summed E-state index contributed by atoms with van der Waals surface area (Å²) in [5, 5.41) is 3.18. The van der Waals surface area contributed by atoms with Crippen LogP contribution in [0.1, 0.15) is 20.3 Å². The molecule has 1 N–H and O–H groups in total. The van der Waals surface area contributed by atoms with E-state index < -0.39 is 11.6 Å². The molecular formula is C14H21F2NO2. The lowest BCUT2D eigenvalue weighted by Crippen LogP contribution is -2.23. The van der Waals surface area contributed by atoms with Gasteiger partial charge < -0.3 is 14.8 Å². The van der Waals surface area contributed by atoms with Gasteiger partial charge in [0.05, 0.1) is 6.10 Å². The van der Waals surface area contributed by atoms with E-state index in [9.17, 15) is 8.78 Å². The lowest BCUT2D eigenvalue weighted by molar-refractivity contribution is 0.0770. The Labute approximate surface area is 112 Å². The quantitative estimate of drug-likeness (QED) is 0.702. The molecule has 5 heteroatoms. The van der Waals surface area contributed by atoms with Crippen molar-refractivity contribution in [1.29, 1.82) is 0 Å². The summed E-state index contributed by atoms with van der Waals surface area (Å²) in [6.07, 6.45) is 1.19. The SMILES string of the molecule is CC(C)OCCCNCCOc1ccc(F)c(F)c1. The summed E-state index contributed by atoms with van der Waals surface area (Å²) in [5.41, 5.74) is 0. The Morgan fingerprint density at radius 2 is 1.89 bits per heavy atom. The zero-order chi connectivity index (χ0) is 14.1. The summed E-state index contributed by atoms with van der Waals surface area (Å²) < 4.78 is 36.2. The minimum atomic E-state index is -0.892. The molecule has 3 nitrogen and oxygen atoms in total. The molecule has 1 aromatic rings. The van der Waals surface area contributed by atoms with Crippen molar-refractivity contribution in [3.8, 4) is 5.75 Å². The molecule has 0 radical (unpaired) electrons. The average Bonchev–Trinajstić information content (AvgIpc) is 2.36. The van der Waals surface area contributed by atoms with E-state index in [0.717, 1.165) is 31.7 Å². The largest absolute Gasteiger partial charge is 0.492 e. The van der Waals surface area contributed by atoms with Crippen LogP contribution in [0.15, 0.2) is 18.2 Å². The smallest absolute Gasteiger partial charge is 0.162 e. The fourth-order valence-corrected chi connectivity index (χ4v) is 1.45. The van der Waals surface area contributed by atoms with Gasteiger partial charge in [0.1, 0.15) is 12.4 Å². The van der Waals surface area contributed by atoms with Crippen LogP contribution in [-0.4, -0.2) is 32.4 Å². The van der Waals surface area contributed by atoms with Crippen molar-refractivity contribution in [1.82, 2.24) is 5.32 Å². The lowest BCUT2D eigenvalue weighted by atomic mass is 10.3. The normalized spacial score (nSPS) is 11.0. The topological polar surface area (TPSA) is 30.5 Å². The standard InChI is InChI=1S/C14H21F2NO2/c1-11(2)18-8-3-6-17-7-9-19-12-4-5-13(15)14(16)10-12/h4-5,10-11,17H,3,6-9H2,1-2H3. The summed E-state index contributed by atoms with van der Waals surface area (Å²) in [7, 11) is 0. The Morgan fingerprint density at radius 1 is 1.11 bits per heavy atom. The molecule has 0 aromatic heterocycles. The highest BCUT2D eigenvalue weighted by Crippen LogP contribution is 2.14. The van der Waals surface area contributed by atoms with Crippen LogP contribution in [0.2, 0.25) is 0 Å². The van der Waals surface area contributed by atoms with Crippen LogP contribution in [0.5, 0.6) is 5.75 Å². The van der Waals surface area contributed by atoms with Gasteiger partial charge in [-0.1, -0.05) is 0 Å². The number of ether oxygens (including phenoxy) is 2.